The highest BCUT2D eigenvalue weighted by atomic mass is 16.6. The topological polar surface area (TPSA) is 175 Å². The smallest absolute Gasteiger partial charge is 0.374 e. The van der Waals surface area contributed by atoms with Gasteiger partial charge in [-0.05, 0) is 25.1 Å². The van der Waals surface area contributed by atoms with Crippen molar-refractivity contribution >= 4 is 34.0 Å². The number of nitro benzene ring substituents is 1. The quantitative estimate of drug-likeness (QED) is 0.305. The predicted molar refractivity (Wildman–Crippen MR) is 119 cm³/mol. The van der Waals surface area contributed by atoms with Crippen LogP contribution in [0.4, 0.5) is 17.2 Å². The number of nitrogens with zero attached hydrogens (tertiary/aromatic N) is 5. The fourth-order valence-electron chi connectivity index (χ4n) is 3.11. The van der Waals surface area contributed by atoms with Crippen LogP contribution in [0, 0.1) is 27.2 Å². The van der Waals surface area contributed by atoms with Gasteiger partial charge in [0, 0.05) is 17.1 Å². The van der Waals surface area contributed by atoms with Gasteiger partial charge in [-0.15, -0.1) is 0 Å². The number of rotatable bonds is 7. The van der Waals surface area contributed by atoms with Crippen LogP contribution in [0.5, 0.6) is 11.6 Å². The van der Waals surface area contributed by atoms with Gasteiger partial charge in [0.1, 0.15) is 17.4 Å². The number of amides is 1. The molecule has 2 heterocycles. The van der Waals surface area contributed by atoms with E-state index in [-0.39, 0.29) is 17.1 Å². The highest BCUT2D eigenvalue weighted by Crippen LogP contribution is 2.36. The van der Waals surface area contributed by atoms with E-state index in [0.717, 1.165) is 23.5 Å². The SMILES string of the molecule is Cc1ccc2cccc(Oc3ncnc(NNC(=O)c4ccccc4[N+](=O)[O-])c3[N+](=O)[O-])c2n1. The summed E-state index contributed by atoms with van der Waals surface area (Å²) < 4.78 is 5.72. The van der Waals surface area contributed by atoms with Crippen molar-refractivity contribution in [3.8, 4) is 11.6 Å². The molecular formula is C21H15N7O6. The first kappa shape index (κ1) is 22.0. The third-order valence-electron chi connectivity index (χ3n) is 4.64. The number of pyridine rings is 1. The molecule has 0 unspecified atom stereocenters. The summed E-state index contributed by atoms with van der Waals surface area (Å²) in [4.78, 5) is 46.0. The zero-order valence-electron chi connectivity index (χ0n) is 17.5. The zero-order valence-corrected chi connectivity index (χ0v) is 17.5. The number of hydrogen-bond acceptors (Lipinski definition) is 10. The number of ether oxygens (including phenoxy) is 1. The van der Waals surface area contributed by atoms with E-state index in [1.54, 1.807) is 19.1 Å². The van der Waals surface area contributed by atoms with Crippen LogP contribution in [0.15, 0.2) is 60.9 Å². The molecule has 0 saturated heterocycles. The molecule has 0 aliphatic heterocycles. The van der Waals surface area contributed by atoms with E-state index in [1.807, 2.05) is 18.2 Å². The Morgan fingerprint density at radius 2 is 1.76 bits per heavy atom. The maximum Gasteiger partial charge on any atom is 0.374 e. The second kappa shape index (κ2) is 9.12. The van der Waals surface area contributed by atoms with Crippen molar-refractivity contribution < 1.29 is 19.4 Å². The molecule has 0 aliphatic rings. The van der Waals surface area contributed by atoms with E-state index in [9.17, 15) is 25.0 Å². The largest absolute Gasteiger partial charge is 0.431 e. The lowest BCUT2D eigenvalue weighted by Gasteiger charge is -2.11. The van der Waals surface area contributed by atoms with Gasteiger partial charge in [-0.2, -0.15) is 4.98 Å². The molecule has 0 bridgehead atoms. The number of anilines is 1. The second-order valence-corrected chi connectivity index (χ2v) is 6.87. The summed E-state index contributed by atoms with van der Waals surface area (Å²) in [5, 5.41) is 23.7. The van der Waals surface area contributed by atoms with E-state index in [0.29, 0.717) is 5.52 Å². The minimum Gasteiger partial charge on any atom is -0.431 e. The molecule has 0 atom stereocenters. The van der Waals surface area contributed by atoms with Crippen LogP contribution < -0.4 is 15.6 Å². The Hall–Kier alpha value is -5.20. The first-order chi connectivity index (χ1) is 16.3. The molecule has 4 rings (SSSR count). The number of hydrazine groups is 1. The molecule has 0 radical (unpaired) electrons. The van der Waals surface area contributed by atoms with Gasteiger partial charge in [-0.3, -0.25) is 35.9 Å². The van der Waals surface area contributed by atoms with Crippen molar-refractivity contribution in [2.75, 3.05) is 5.43 Å². The number of nitrogens with one attached hydrogen (secondary N) is 2. The molecule has 0 aliphatic carbocycles. The van der Waals surface area contributed by atoms with Crippen LogP contribution in [0.1, 0.15) is 16.1 Å². The van der Waals surface area contributed by atoms with Crippen LogP contribution in [-0.4, -0.2) is 30.7 Å². The van der Waals surface area contributed by atoms with Crippen molar-refractivity contribution in [2.24, 2.45) is 0 Å². The molecule has 4 aromatic rings. The fourth-order valence-corrected chi connectivity index (χ4v) is 3.11. The van der Waals surface area contributed by atoms with Crippen LogP contribution in [0.3, 0.4) is 0 Å². The normalized spacial score (nSPS) is 10.5. The highest BCUT2D eigenvalue weighted by molar-refractivity contribution is 5.98. The average Bonchev–Trinajstić information content (AvgIpc) is 2.82. The lowest BCUT2D eigenvalue weighted by Crippen LogP contribution is -2.30. The lowest BCUT2D eigenvalue weighted by molar-refractivity contribution is -0.385. The zero-order chi connectivity index (χ0) is 24.2. The molecule has 2 aromatic carbocycles. The maximum atomic E-state index is 12.4. The van der Waals surface area contributed by atoms with Crippen molar-refractivity contribution in [1.29, 1.82) is 0 Å². The lowest BCUT2D eigenvalue weighted by atomic mass is 10.2. The molecule has 34 heavy (non-hydrogen) atoms. The highest BCUT2D eigenvalue weighted by Gasteiger charge is 2.27. The molecule has 0 fully saturated rings. The van der Waals surface area contributed by atoms with Gasteiger partial charge in [0.25, 0.3) is 11.6 Å². The maximum absolute atomic E-state index is 12.4. The minimum atomic E-state index is -0.892. The molecule has 2 aromatic heterocycles. The van der Waals surface area contributed by atoms with Crippen molar-refractivity contribution in [1.82, 2.24) is 20.4 Å². The van der Waals surface area contributed by atoms with Gasteiger partial charge in [0.05, 0.1) is 9.85 Å². The summed E-state index contributed by atoms with van der Waals surface area (Å²) in [5.74, 6) is -1.43. The summed E-state index contributed by atoms with van der Waals surface area (Å²) in [5.41, 5.74) is 4.37. The first-order valence-electron chi connectivity index (χ1n) is 9.68. The number of aryl methyl sites for hydroxylation is 1. The van der Waals surface area contributed by atoms with E-state index >= 15 is 0 Å². The second-order valence-electron chi connectivity index (χ2n) is 6.87. The number of carbonyl (C=O) groups excluding carboxylic acids is 1. The Morgan fingerprint density at radius 1 is 0.971 bits per heavy atom. The number of fused-ring (bicyclic) bond motifs is 1. The van der Waals surface area contributed by atoms with E-state index in [2.05, 4.69) is 25.8 Å². The van der Waals surface area contributed by atoms with Crippen LogP contribution in [0.25, 0.3) is 10.9 Å². The number of benzene rings is 2. The average molecular weight is 461 g/mol. The van der Waals surface area contributed by atoms with Crippen LogP contribution in [0.2, 0.25) is 0 Å². The Kier molecular flexibility index (Phi) is 5.90. The van der Waals surface area contributed by atoms with Crippen molar-refractivity contribution in [3.05, 3.63) is 92.4 Å². The minimum absolute atomic E-state index is 0.234. The molecule has 13 nitrogen and oxygen atoms in total. The Morgan fingerprint density at radius 3 is 2.53 bits per heavy atom. The van der Waals surface area contributed by atoms with Crippen LogP contribution >= 0.6 is 0 Å². The number of para-hydroxylation sites is 2. The molecule has 0 saturated carbocycles. The first-order valence-corrected chi connectivity index (χ1v) is 9.68. The third kappa shape index (κ3) is 4.38. The Labute approximate surface area is 190 Å². The summed E-state index contributed by atoms with van der Waals surface area (Å²) in [7, 11) is 0. The Balaban J connectivity index is 1.64. The van der Waals surface area contributed by atoms with Gasteiger partial charge < -0.3 is 4.74 Å². The monoisotopic (exact) mass is 461 g/mol. The van der Waals surface area contributed by atoms with Gasteiger partial charge in [-0.1, -0.05) is 30.3 Å². The molecule has 2 N–H and O–H groups in total. The summed E-state index contributed by atoms with van der Waals surface area (Å²) in [6.07, 6.45) is 1.01. The Bertz CT molecular complexity index is 1440. The van der Waals surface area contributed by atoms with Crippen LogP contribution in [-0.2, 0) is 0 Å². The van der Waals surface area contributed by atoms with Crippen molar-refractivity contribution in [3.63, 3.8) is 0 Å². The van der Waals surface area contributed by atoms with E-state index < -0.39 is 33.0 Å². The predicted octanol–water partition coefficient (Wildman–Crippen LogP) is 3.70. The van der Waals surface area contributed by atoms with Gasteiger partial charge in [0.2, 0.25) is 5.82 Å². The number of hydrogen-bond donors (Lipinski definition) is 2. The number of nitro groups is 2. The van der Waals surface area contributed by atoms with Crippen molar-refractivity contribution in [2.45, 2.75) is 6.92 Å². The van der Waals surface area contributed by atoms with Gasteiger partial charge in [-0.25, -0.2) is 9.97 Å². The third-order valence-corrected chi connectivity index (χ3v) is 4.64. The summed E-state index contributed by atoms with van der Waals surface area (Å²) >= 11 is 0. The fraction of sp³-hybridized carbons (Fsp3) is 0.0476. The molecule has 13 heteroatoms. The van der Waals surface area contributed by atoms with Gasteiger partial charge >= 0.3 is 11.6 Å². The summed E-state index contributed by atoms with van der Waals surface area (Å²) in [6, 6.07) is 14.0. The van der Waals surface area contributed by atoms with E-state index in [4.69, 9.17) is 4.74 Å². The summed E-state index contributed by atoms with van der Waals surface area (Å²) in [6.45, 7) is 1.80. The van der Waals surface area contributed by atoms with Gasteiger partial charge in [0.15, 0.2) is 5.75 Å². The molecule has 1 amide bonds. The number of aromatic nitrogens is 3. The molecule has 170 valence electrons. The molecular weight excluding hydrogens is 446 g/mol. The number of carbonyl (C=O) groups is 1. The van der Waals surface area contributed by atoms with E-state index in [1.165, 1.54) is 18.2 Å². The molecule has 0 spiro atoms. The standard InChI is InChI=1S/C21H15N7O6/c1-12-9-10-13-5-4-8-16(17(13)24-12)34-21-18(28(32)33)19(22-11-23-21)25-26-20(29)14-6-2-3-7-15(14)27(30)31/h2-11H,1H3,(H,26,29)(H,22,23,25).